The minimum Gasteiger partial charge on any atom is -0.494 e. The molecule has 1 N–H and O–H groups in total. The minimum atomic E-state index is -3.66. The van der Waals surface area contributed by atoms with E-state index in [1.807, 2.05) is 19.1 Å². The molecule has 0 atom stereocenters. The van der Waals surface area contributed by atoms with Crippen molar-refractivity contribution in [1.82, 2.24) is 10.3 Å². The molecule has 0 aliphatic heterocycles. The van der Waals surface area contributed by atoms with Crippen molar-refractivity contribution in [2.75, 3.05) is 6.61 Å². The highest BCUT2D eigenvalue weighted by atomic mass is 32.2. The molecule has 0 radical (unpaired) electrons. The molecule has 158 valence electrons. The number of pyridine rings is 1. The number of ether oxygens (including phenoxy) is 1. The van der Waals surface area contributed by atoms with Crippen molar-refractivity contribution in [2.24, 2.45) is 0 Å². The highest BCUT2D eigenvalue weighted by molar-refractivity contribution is 7.91. The first-order valence-electron chi connectivity index (χ1n) is 9.66. The van der Waals surface area contributed by atoms with Crippen molar-refractivity contribution < 1.29 is 17.9 Å². The Kier molecular flexibility index (Phi) is 6.01. The number of hydrogen-bond donors (Lipinski definition) is 1. The second kappa shape index (κ2) is 8.87. The molecule has 0 saturated heterocycles. The van der Waals surface area contributed by atoms with Crippen molar-refractivity contribution >= 4 is 37.2 Å². The molecule has 0 bridgehead atoms. The fourth-order valence-corrected chi connectivity index (χ4v) is 5.33. The van der Waals surface area contributed by atoms with Gasteiger partial charge in [-0.15, -0.1) is 11.3 Å². The number of nitrogens with zero attached hydrogens (tertiary/aromatic N) is 1. The van der Waals surface area contributed by atoms with E-state index in [9.17, 15) is 13.2 Å². The Labute approximate surface area is 184 Å². The summed E-state index contributed by atoms with van der Waals surface area (Å²) >= 11 is 1.38. The van der Waals surface area contributed by atoms with Crippen LogP contribution in [0.25, 0.3) is 10.1 Å². The number of carbonyl (C=O) groups is 1. The van der Waals surface area contributed by atoms with Gasteiger partial charge in [-0.25, -0.2) is 8.42 Å². The number of rotatable bonds is 7. The maximum Gasteiger partial charge on any atom is 0.261 e. The Morgan fingerprint density at radius 3 is 2.61 bits per heavy atom. The molecule has 8 heteroatoms. The molecule has 0 saturated carbocycles. The summed E-state index contributed by atoms with van der Waals surface area (Å²) in [6, 6.07) is 16.7. The zero-order valence-corrected chi connectivity index (χ0v) is 18.4. The summed E-state index contributed by atoms with van der Waals surface area (Å²) in [4.78, 5) is 17.5. The Hall–Kier alpha value is -3.23. The summed E-state index contributed by atoms with van der Waals surface area (Å²) < 4.78 is 32.2. The number of fused-ring (bicyclic) bond motifs is 1. The van der Waals surface area contributed by atoms with Crippen molar-refractivity contribution in [3.05, 3.63) is 83.5 Å². The number of thiophene rings is 1. The lowest BCUT2D eigenvalue weighted by molar-refractivity contribution is 0.0955. The van der Waals surface area contributed by atoms with Gasteiger partial charge >= 0.3 is 0 Å². The van der Waals surface area contributed by atoms with Gasteiger partial charge in [0.25, 0.3) is 5.91 Å². The van der Waals surface area contributed by atoms with Crippen LogP contribution in [-0.4, -0.2) is 25.9 Å². The fraction of sp³-hybridized carbons (Fsp3) is 0.130. The van der Waals surface area contributed by atoms with Crippen molar-refractivity contribution in [3.63, 3.8) is 0 Å². The highest BCUT2D eigenvalue weighted by Gasteiger charge is 2.18. The molecule has 2 aromatic carbocycles. The van der Waals surface area contributed by atoms with Crippen molar-refractivity contribution in [1.29, 1.82) is 0 Å². The third-order valence-electron chi connectivity index (χ3n) is 4.66. The lowest BCUT2D eigenvalue weighted by atomic mass is 10.2. The van der Waals surface area contributed by atoms with Gasteiger partial charge in [-0.2, -0.15) is 0 Å². The standard InChI is InChI=1S/C23H20N2O4S2/c1-2-29-18-4-3-5-20(13-18)31(27,28)19-8-6-16(7-9-19)14-25-23(26)21-12-17-10-11-24-15-22(17)30-21/h3-13,15H,2,14H2,1H3,(H,25,26). The number of sulfone groups is 1. The number of nitrogens with one attached hydrogen (secondary N) is 1. The molecule has 4 rings (SSSR count). The molecule has 2 heterocycles. The first kappa shape index (κ1) is 21.0. The van der Waals surface area contributed by atoms with Crippen LogP contribution < -0.4 is 10.1 Å². The number of benzene rings is 2. The van der Waals surface area contributed by atoms with Crippen molar-refractivity contribution in [3.8, 4) is 5.75 Å². The second-order valence-corrected chi connectivity index (χ2v) is 9.80. The maximum absolute atomic E-state index is 12.9. The Balaban J connectivity index is 1.45. The van der Waals surface area contributed by atoms with Crippen LogP contribution in [0.4, 0.5) is 0 Å². The SMILES string of the molecule is CCOc1cccc(S(=O)(=O)c2ccc(CNC(=O)c3cc4ccncc4s3)cc2)c1. The number of carbonyl (C=O) groups excluding carboxylic acids is 1. The van der Waals surface area contributed by atoms with E-state index in [2.05, 4.69) is 10.3 Å². The Morgan fingerprint density at radius 1 is 1.06 bits per heavy atom. The highest BCUT2D eigenvalue weighted by Crippen LogP contribution is 2.26. The minimum absolute atomic E-state index is 0.175. The van der Waals surface area contributed by atoms with Gasteiger partial charge in [0.2, 0.25) is 9.84 Å². The van der Waals surface area contributed by atoms with E-state index >= 15 is 0 Å². The average Bonchev–Trinajstić information content (AvgIpc) is 3.23. The quantitative estimate of drug-likeness (QED) is 0.448. The predicted molar refractivity (Wildman–Crippen MR) is 120 cm³/mol. The Bertz CT molecular complexity index is 1300. The van der Waals surface area contributed by atoms with E-state index in [0.29, 0.717) is 23.8 Å². The molecule has 31 heavy (non-hydrogen) atoms. The first-order chi connectivity index (χ1) is 15.0. The van der Waals surface area contributed by atoms with Crippen LogP contribution in [0.15, 0.2) is 82.8 Å². The summed E-state index contributed by atoms with van der Waals surface area (Å²) in [6.07, 6.45) is 3.43. The first-order valence-corrected chi connectivity index (χ1v) is 12.0. The van der Waals surface area contributed by atoms with E-state index in [-0.39, 0.29) is 15.7 Å². The lowest BCUT2D eigenvalue weighted by Gasteiger charge is -2.09. The third kappa shape index (κ3) is 4.60. The second-order valence-electron chi connectivity index (χ2n) is 6.76. The normalized spacial score (nSPS) is 11.4. The van der Waals surface area contributed by atoms with E-state index < -0.39 is 9.84 Å². The van der Waals surface area contributed by atoms with E-state index in [0.717, 1.165) is 15.6 Å². The van der Waals surface area contributed by atoms with Crippen LogP contribution in [0, 0.1) is 0 Å². The predicted octanol–water partition coefficient (Wildman–Crippen LogP) is 4.46. The molecule has 4 aromatic rings. The molecule has 0 aliphatic rings. The molecule has 0 unspecified atom stereocenters. The van der Waals surface area contributed by atoms with Gasteiger partial charge in [-0.05, 0) is 60.3 Å². The van der Waals surface area contributed by atoms with E-state index in [4.69, 9.17) is 4.74 Å². The van der Waals surface area contributed by atoms with Gasteiger partial charge < -0.3 is 10.1 Å². The summed E-state index contributed by atoms with van der Waals surface area (Å²) in [6.45, 7) is 2.60. The van der Waals surface area contributed by atoms with E-state index in [1.54, 1.807) is 54.9 Å². The van der Waals surface area contributed by atoms with Gasteiger partial charge in [0, 0.05) is 18.9 Å². The monoisotopic (exact) mass is 452 g/mol. The van der Waals surface area contributed by atoms with Crippen LogP contribution in [0.2, 0.25) is 0 Å². The van der Waals surface area contributed by atoms with Gasteiger partial charge in [0.05, 0.1) is 26.0 Å². The van der Waals surface area contributed by atoms with Crippen LogP contribution in [0.1, 0.15) is 22.2 Å². The zero-order valence-electron chi connectivity index (χ0n) is 16.7. The molecule has 2 aromatic heterocycles. The van der Waals surface area contributed by atoms with E-state index in [1.165, 1.54) is 17.4 Å². The maximum atomic E-state index is 12.9. The third-order valence-corrected chi connectivity index (χ3v) is 7.51. The molecule has 0 spiro atoms. The number of aromatic nitrogens is 1. The van der Waals surface area contributed by atoms with Gasteiger partial charge in [-0.1, -0.05) is 18.2 Å². The molecular formula is C23H20N2O4S2. The van der Waals surface area contributed by atoms with Gasteiger partial charge in [0.15, 0.2) is 0 Å². The number of hydrogen-bond acceptors (Lipinski definition) is 6. The average molecular weight is 453 g/mol. The van der Waals surface area contributed by atoms with Crippen LogP contribution >= 0.6 is 11.3 Å². The van der Waals surface area contributed by atoms with Crippen LogP contribution in [0.5, 0.6) is 5.75 Å². The summed E-state index contributed by atoms with van der Waals surface area (Å²) in [5, 5.41) is 3.85. The van der Waals surface area contributed by atoms with Crippen LogP contribution in [-0.2, 0) is 16.4 Å². The molecule has 6 nitrogen and oxygen atoms in total. The summed E-state index contributed by atoms with van der Waals surface area (Å²) in [5.74, 6) is 0.338. The topological polar surface area (TPSA) is 85.4 Å². The zero-order chi connectivity index (χ0) is 21.8. The molecular weight excluding hydrogens is 432 g/mol. The smallest absolute Gasteiger partial charge is 0.261 e. The molecule has 0 aliphatic carbocycles. The van der Waals surface area contributed by atoms with Crippen molar-refractivity contribution in [2.45, 2.75) is 23.3 Å². The summed E-state index contributed by atoms with van der Waals surface area (Å²) in [5.41, 5.74) is 0.804. The molecule has 1 amide bonds. The fourth-order valence-electron chi connectivity index (χ4n) is 3.09. The van der Waals surface area contributed by atoms with Crippen LogP contribution in [0.3, 0.4) is 0 Å². The summed E-state index contributed by atoms with van der Waals surface area (Å²) in [7, 11) is -3.66. The number of amides is 1. The van der Waals surface area contributed by atoms with Gasteiger partial charge in [-0.3, -0.25) is 9.78 Å². The van der Waals surface area contributed by atoms with Gasteiger partial charge in [0.1, 0.15) is 5.75 Å². The largest absolute Gasteiger partial charge is 0.494 e. The Morgan fingerprint density at radius 2 is 1.87 bits per heavy atom. The molecule has 0 fully saturated rings. The lowest BCUT2D eigenvalue weighted by Crippen LogP contribution is -2.21.